The van der Waals surface area contributed by atoms with Crippen molar-refractivity contribution in [1.29, 1.82) is 0 Å². The minimum atomic E-state index is -0.176. The van der Waals surface area contributed by atoms with E-state index in [1.165, 1.54) is 11.1 Å². The van der Waals surface area contributed by atoms with Crippen LogP contribution in [0.4, 0.5) is 0 Å². The van der Waals surface area contributed by atoms with Crippen LogP contribution in [0.5, 0.6) is 11.5 Å². The van der Waals surface area contributed by atoms with Crippen molar-refractivity contribution in [1.82, 2.24) is 14.7 Å². The third kappa shape index (κ3) is 6.78. The van der Waals surface area contributed by atoms with Crippen molar-refractivity contribution in [2.24, 2.45) is 5.92 Å². The first-order valence-corrected chi connectivity index (χ1v) is 16.1. The predicted molar refractivity (Wildman–Crippen MR) is 174 cm³/mol. The lowest BCUT2D eigenvalue weighted by molar-refractivity contribution is -0.136. The quantitative estimate of drug-likeness (QED) is 0.287. The highest BCUT2D eigenvalue weighted by molar-refractivity contribution is 5.95. The molecule has 1 atom stereocenters. The molecule has 0 saturated carbocycles. The van der Waals surface area contributed by atoms with Gasteiger partial charge in [-0.25, -0.2) is 0 Å². The van der Waals surface area contributed by atoms with Gasteiger partial charge in [0.2, 0.25) is 5.91 Å². The molecular weight excluding hydrogens is 550 g/mol. The lowest BCUT2D eigenvalue weighted by Crippen LogP contribution is -2.47. The smallest absolute Gasteiger partial charge is 0.253 e. The summed E-state index contributed by atoms with van der Waals surface area (Å²) in [5.41, 5.74) is 4.20. The number of hydrogen-bond acceptors (Lipinski definition) is 5. The second kappa shape index (κ2) is 14.3. The highest BCUT2D eigenvalue weighted by Gasteiger charge is 2.39. The summed E-state index contributed by atoms with van der Waals surface area (Å²) in [6, 6.07) is 25.1. The topological polar surface area (TPSA) is 62.3 Å². The molecule has 0 N–H and O–H groups in total. The maximum absolute atomic E-state index is 13.7. The molecule has 234 valence electrons. The van der Waals surface area contributed by atoms with Crippen LogP contribution in [-0.4, -0.2) is 80.0 Å². The summed E-state index contributed by atoms with van der Waals surface area (Å²) in [7, 11) is 3.40. The standard InChI is InChI=1S/C37H47N3O4/c1-5-39(6-2)36(42)30-12-8-23-40(26-30)35(41)29-11-7-10-28(24-29)25-38-22-9-21-37(27-38,31-13-17-33(43-3)18-14-31)32-15-19-34(44-4)20-16-32/h7,10-11,13-20,24,30H,5-6,8-9,12,21-23,25-27H2,1-4H3. The van der Waals surface area contributed by atoms with E-state index in [0.29, 0.717) is 31.7 Å². The lowest BCUT2D eigenvalue weighted by atomic mass is 9.69. The zero-order valence-electron chi connectivity index (χ0n) is 26.8. The van der Waals surface area contributed by atoms with E-state index in [1.807, 2.05) is 35.8 Å². The number of hydrogen-bond donors (Lipinski definition) is 0. The van der Waals surface area contributed by atoms with Gasteiger partial charge in [-0.15, -0.1) is 0 Å². The van der Waals surface area contributed by atoms with Gasteiger partial charge in [0.15, 0.2) is 0 Å². The van der Waals surface area contributed by atoms with Crippen molar-refractivity contribution in [3.8, 4) is 11.5 Å². The van der Waals surface area contributed by atoms with Crippen LogP contribution in [0, 0.1) is 5.92 Å². The van der Waals surface area contributed by atoms with Gasteiger partial charge >= 0.3 is 0 Å². The molecule has 7 nitrogen and oxygen atoms in total. The predicted octanol–water partition coefficient (Wildman–Crippen LogP) is 6.01. The molecule has 2 fully saturated rings. The Bertz CT molecular complexity index is 1350. The molecule has 44 heavy (non-hydrogen) atoms. The van der Waals surface area contributed by atoms with Gasteiger partial charge in [-0.2, -0.15) is 0 Å². The second-order valence-electron chi connectivity index (χ2n) is 12.2. The lowest BCUT2D eigenvalue weighted by Gasteiger charge is -2.44. The van der Waals surface area contributed by atoms with Crippen molar-refractivity contribution in [2.75, 3.05) is 53.5 Å². The fraction of sp³-hybridized carbons (Fsp3) is 0.459. The molecule has 7 heteroatoms. The summed E-state index contributed by atoms with van der Waals surface area (Å²) in [5.74, 6) is 1.78. The maximum Gasteiger partial charge on any atom is 0.253 e. The Kier molecular flexibility index (Phi) is 10.3. The molecule has 0 aliphatic carbocycles. The Hall–Kier alpha value is -3.84. The van der Waals surface area contributed by atoms with Crippen molar-refractivity contribution >= 4 is 11.8 Å². The van der Waals surface area contributed by atoms with Crippen LogP contribution >= 0.6 is 0 Å². The molecule has 0 bridgehead atoms. The fourth-order valence-electron chi connectivity index (χ4n) is 7.14. The van der Waals surface area contributed by atoms with Crippen molar-refractivity contribution in [2.45, 2.75) is 51.5 Å². The number of methoxy groups -OCH3 is 2. The number of piperidine rings is 2. The molecule has 2 amide bonds. The van der Waals surface area contributed by atoms with Crippen LogP contribution in [0.15, 0.2) is 72.8 Å². The number of carbonyl (C=O) groups is 2. The van der Waals surface area contributed by atoms with E-state index in [4.69, 9.17) is 9.47 Å². The van der Waals surface area contributed by atoms with E-state index in [1.54, 1.807) is 14.2 Å². The van der Waals surface area contributed by atoms with E-state index in [0.717, 1.165) is 62.4 Å². The molecular formula is C37H47N3O4. The summed E-state index contributed by atoms with van der Waals surface area (Å²) in [6.45, 7) is 9.25. The van der Waals surface area contributed by atoms with Gasteiger partial charge in [-0.3, -0.25) is 14.5 Å². The van der Waals surface area contributed by atoms with Crippen LogP contribution in [0.2, 0.25) is 0 Å². The number of amides is 2. The minimum Gasteiger partial charge on any atom is -0.497 e. The van der Waals surface area contributed by atoms with Gasteiger partial charge in [0.05, 0.1) is 20.1 Å². The number of rotatable bonds is 10. The van der Waals surface area contributed by atoms with Gasteiger partial charge in [0.1, 0.15) is 11.5 Å². The average Bonchev–Trinajstić information content (AvgIpc) is 3.08. The molecule has 5 rings (SSSR count). The fourth-order valence-corrected chi connectivity index (χ4v) is 7.14. The monoisotopic (exact) mass is 597 g/mol. The van der Waals surface area contributed by atoms with Crippen LogP contribution in [0.1, 0.15) is 66.6 Å². The first kappa shape index (κ1) is 31.6. The molecule has 2 saturated heterocycles. The normalized spacial score (nSPS) is 18.5. The number of benzene rings is 3. The van der Waals surface area contributed by atoms with E-state index in [-0.39, 0.29) is 23.1 Å². The molecule has 3 aromatic rings. The van der Waals surface area contributed by atoms with E-state index in [9.17, 15) is 9.59 Å². The molecule has 2 aliphatic heterocycles. The zero-order valence-corrected chi connectivity index (χ0v) is 26.8. The van der Waals surface area contributed by atoms with Gasteiger partial charge in [0, 0.05) is 50.2 Å². The molecule has 2 aliphatic rings. The van der Waals surface area contributed by atoms with Crippen molar-refractivity contribution < 1.29 is 19.1 Å². The van der Waals surface area contributed by atoms with Crippen LogP contribution < -0.4 is 9.47 Å². The van der Waals surface area contributed by atoms with E-state index < -0.39 is 0 Å². The molecule has 2 heterocycles. The number of likely N-dealkylation sites (tertiary alicyclic amines) is 2. The Labute approximate surface area is 262 Å². The Morgan fingerprint density at radius 1 is 0.864 bits per heavy atom. The van der Waals surface area contributed by atoms with Gasteiger partial charge in [-0.1, -0.05) is 36.4 Å². The van der Waals surface area contributed by atoms with E-state index in [2.05, 4.69) is 65.6 Å². The molecule has 0 spiro atoms. The summed E-state index contributed by atoms with van der Waals surface area (Å²) >= 11 is 0. The van der Waals surface area contributed by atoms with Gasteiger partial charge in [-0.05, 0) is 99.2 Å². The Morgan fingerprint density at radius 2 is 1.50 bits per heavy atom. The minimum absolute atomic E-state index is 0.0216. The summed E-state index contributed by atoms with van der Waals surface area (Å²) in [5, 5.41) is 0. The molecule has 0 radical (unpaired) electrons. The second-order valence-corrected chi connectivity index (χ2v) is 12.2. The van der Waals surface area contributed by atoms with Crippen LogP contribution in [0.25, 0.3) is 0 Å². The zero-order chi connectivity index (χ0) is 31.1. The maximum atomic E-state index is 13.7. The molecule has 3 aromatic carbocycles. The molecule has 0 aromatic heterocycles. The Balaban J connectivity index is 1.34. The van der Waals surface area contributed by atoms with Gasteiger partial charge < -0.3 is 19.3 Å². The van der Waals surface area contributed by atoms with E-state index >= 15 is 0 Å². The Morgan fingerprint density at radius 3 is 2.09 bits per heavy atom. The molecule has 1 unspecified atom stereocenters. The van der Waals surface area contributed by atoms with Crippen LogP contribution in [0.3, 0.4) is 0 Å². The third-order valence-electron chi connectivity index (χ3n) is 9.57. The summed E-state index contributed by atoms with van der Waals surface area (Å²) in [6.07, 6.45) is 3.81. The van der Waals surface area contributed by atoms with Crippen molar-refractivity contribution in [3.63, 3.8) is 0 Å². The first-order chi connectivity index (χ1) is 21.4. The van der Waals surface area contributed by atoms with Gasteiger partial charge in [0.25, 0.3) is 5.91 Å². The highest BCUT2D eigenvalue weighted by Crippen LogP contribution is 2.42. The SMILES string of the molecule is CCN(CC)C(=O)C1CCCN(C(=O)c2cccc(CN3CCCC(c4ccc(OC)cc4)(c4ccc(OC)cc4)C3)c2)C1. The van der Waals surface area contributed by atoms with Crippen LogP contribution in [-0.2, 0) is 16.8 Å². The average molecular weight is 598 g/mol. The number of ether oxygens (including phenoxy) is 2. The van der Waals surface area contributed by atoms with Crippen molar-refractivity contribution in [3.05, 3.63) is 95.1 Å². The largest absolute Gasteiger partial charge is 0.497 e. The summed E-state index contributed by atoms with van der Waals surface area (Å²) in [4.78, 5) is 33.0. The number of carbonyl (C=O) groups excluding carboxylic acids is 2. The number of nitrogens with zero attached hydrogens (tertiary/aromatic N) is 3. The first-order valence-electron chi connectivity index (χ1n) is 16.1. The third-order valence-corrected chi connectivity index (χ3v) is 9.57. The summed E-state index contributed by atoms with van der Waals surface area (Å²) < 4.78 is 10.9. The highest BCUT2D eigenvalue weighted by atomic mass is 16.5.